The Bertz CT molecular complexity index is 233. The number of carbonyl (C=O) groups excluding carboxylic acids is 1. The van der Waals surface area contributed by atoms with E-state index in [1.165, 1.54) is 25.7 Å². The van der Waals surface area contributed by atoms with Gasteiger partial charge in [-0.1, -0.05) is 12.8 Å². The van der Waals surface area contributed by atoms with Crippen molar-refractivity contribution in [3.63, 3.8) is 0 Å². The van der Waals surface area contributed by atoms with Crippen molar-refractivity contribution in [2.45, 2.75) is 50.7 Å². The molecule has 3 N–H and O–H groups in total. The smallest absolute Gasteiger partial charge is 0.249 e. The van der Waals surface area contributed by atoms with Crippen molar-refractivity contribution in [1.29, 1.82) is 0 Å². The summed E-state index contributed by atoms with van der Waals surface area (Å²) in [5, 5.41) is 3.06. The first kappa shape index (κ1) is 11.9. The molecule has 2 unspecified atom stereocenters. The lowest BCUT2D eigenvalue weighted by Gasteiger charge is -2.24. The van der Waals surface area contributed by atoms with Gasteiger partial charge in [-0.05, 0) is 31.6 Å². The fourth-order valence-corrected chi connectivity index (χ4v) is 2.79. The molecule has 4 nitrogen and oxygen atoms in total. The minimum atomic E-state index is -0.226. The number of hydrogen-bond acceptors (Lipinski definition) is 3. The Morgan fingerprint density at radius 2 is 2.06 bits per heavy atom. The minimum Gasteiger partial charge on any atom is -0.368 e. The van der Waals surface area contributed by atoms with Crippen LogP contribution in [0.15, 0.2) is 0 Å². The summed E-state index contributed by atoms with van der Waals surface area (Å²) in [6.45, 7) is 1.26. The largest absolute Gasteiger partial charge is 0.368 e. The molecule has 1 heterocycles. The second-order valence-corrected chi connectivity index (χ2v) is 4.90. The van der Waals surface area contributed by atoms with Crippen LogP contribution in [0.25, 0.3) is 0 Å². The lowest BCUT2D eigenvalue weighted by Crippen LogP contribution is -2.48. The van der Waals surface area contributed by atoms with Gasteiger partial charge in [0.25, 0.3) is 0 Å². The number of amides is 1. The fourth-order valence-electron chi connectivity index (χ4n) is 2.79. The normalized spacial score (nSPS) is 28.2. The van der Waals surface area contributed by atoms with Gasteiger partial charge in [0.2, 0.25) is 5.91 Å². The number of carbonyl (C=O) groups is 1. The zero-order valence-electron chi connectivity index (χ0n) is 9.78. The van der Waals surface area contributed by atoms with Gasteiger partial charge in [-0.25, -0.2) is 0 Å². The molecule has 0 bridgehead atoms. The third-order valence-corrected chi connectivity index (χ3v) is 3.77. The van der Waals surface area contributed by atoms with Crippen LogP contribution in [0.4, 0.5) is 0 Å². The van der Waals surface area contributed by atoms with Crippen LogP contribution < -0.4 is 11.1 Å². The van der Waals surface area contributed by atoms with Gasteiger partial charge in [0.05, 0.1) is 0 Å². The van der Waals surface area contributed by atoms with Crippen LogP contribution in [0.2, 0.25) is 0 Å². The Labute approximate surface area is 96.9 Å². The van der Waals surface area contributed by atoms with Crippen molar-refractivity contribution in [1.82, 2.24) is 5.32 Å². The fraction of sp³-hybridized carbons (Fsp3) is 0.917. The van der Waals surface area contributed by atoms with E-state index >= 15 is 0 Å². The van der Waals surface area contributed by atoms with E-state index in [2.05, 4.69) is 5.32 Å². The van der Waals surface area contributed by atoms with E-state index in [0.717, 1.165) is 19.4 Å². The number of nitrogens with two attached hydrogens (primary N) is 1. The molecule has 1 saturated heterocycles. The molecular weight excluding hydrogens is 204 g/mol. The Morgan fingerprint density at radius 1 is 1.31 bits per heavy atom. The zero-order chi connectivity index (χ0) is 11.4. The Hall–Kier alpha value is -0.610. The summed E-state index contributed by atoms with van der Waals surface area (Å²) in [5.41, 5.74) is 5.74. The molecule has 1 amide bonds. The van der Waals surface area contributed by atoms with Crippen molar-refractivity contribution in [2.75, 3.05) is 13.2 Å². The van der Waals surface area contributed by atoms with Gasteiger partial charge in [0, 0.05) is 19.2 Å². The van der Waals surface area contributed by atoms with E-state index in [1.54, 1.807) is 0 Å². The van der Waals surface area contributed by atoms with E-state index in [4.69, 9.17) is 10.5 Å². The molecule has 0 aromatic rings. The standard InChI is InChI=1S/C12H22N2O2/c13-8-10(9-4-1-2-5-9)14-12(15)11-6-3-7-16-11/h9-11H,1-8,13H2,(H,14,15). The highest BCUT2D eigenvalue weighted by molar-refractivity contribution is 5.81. The Balaban J connectivity index is 1.82. The highest BCUT2D eigenvalue weighted by Crippen LogP contribution is 2.27. The molecule has 2 atom stereocenters. The number of rotatable bonds is 4. The van der Waals surface area contributed by atoms with Gasteiger partial charge >= 0.3 is 0 Å². The van der Waals surface area contributed by atoms with Crippen molar-refractivity contribution in [3.8, 4) is 0 Å². The lowest BCUT2D eigenvalue weighted by atomic mass is 9.98. The first-order valence-corrected chi connectivity index (χ1v) is 6.43. The van der Waals surface area contributed by atoms with Crippen LogP contribution in [-0.2, 0) is 9.53 Å². The number of ether oxygens (including phenoxy) is 1. The lowest BCUT2D eigenvalue weighted by molar-refractivity contribution is -0.131. The van der Waals surface area contributed by atoms with Crippen molar-refractivity contribution in [2.24, 2.45) is 11.7 Å². The van der Waals surface area contributed by atoms with Crippen molar-refractivity contribution in [3.05, 3.63) is 0 Å². The van der Waals surface area contributed by atoms with Gasteiger partial charge in [0.15, 0.2) is 0 Å². The summed E-state index contributed by atoms with van der Waals surface area (Å²) in [4.78, 5) is 11.9. The average Bonchev–Trinajstić information content (AvgIpc) is 2.96. The Kier molecular flexibility index (Phi) is 4.18. The quantitative estimate of drug-likeness (QED) is 0.745. The third kappa shape index (κ3) is 2.74. The van der Waals surface area contributed by atoms with Crippen LogP contribution >= 0.6 is 0 Å². The first-order chi connectivity index (χ1) is 7.81. The molecule has 0 spiro atoms. The summed E-state index contributed by atoms with van der Waals surface area (Å²) >= 11 is 0. The van der Waals surface area contributed by atoms with Crippen LogP contribution in [0, 0.1) is 5.92 Å². The third-order valence-electron chi connectivity index (χ3n) is 3.77. The summed E-state index contributed by atoms with van der Waals surface area (Å²) in [6.07, 6.45) is 6.58. The zero-order valence-corrected chi connectivity index (χ0v) is 9.78. The molecule has 2 rings (SSSR count). The molecular formula is C12H22N2O2. The van der Waals surface area contributed by atoms with Gasteiger partial charge in [-0.2, -0.15) is 0 Å². The summed E-state index contributed by atoms with van der Waals surface area (Å²) in [5.74, 6) is 0.621. The van der Waals surface area contributed by atoms with Crippen LogP contribution in [0.3, 0.4) is 0 Å². The van der Waals surface area contributed by atoms with Gasteiger partial charge < -0.3 is 15.8 Å². The monoisotopic (exact) mass is 226 g/mol. The summed E-state index contributed by atoms with van der Waals surface area (Å²) < 4.78 is 5.37. The Morgan fingerprint density at radius 3 is 2.62 bits per heavy atom. The number of hydrogen-bond donors (Lipinski definition) is 2. The molecule has 1 aliphatic carbocycles. The van der Waals surface area contributed by atoms with E-state index in [9.17, 15) is 4.79 Å². The molecule has 16 heavy (non-hydrogen) atoms. The molecule has 0 radical (unpaired) electrons. The van der Waals surface area contributed by atoms with Crippen LogP contribution in [0.1, 0.15) is 38.5 Å². The molecule has 2 fully saturated rings. The van der Waals surface area contributed by atoms with E-state index in [0.29, 0.717) is 12.5 Å². The molecule has 4 heteroatoms. The molecule has 1 saturated carbocycles. The summed E-state index contributed by atoms with van der Waals surface area (Å²) in [7, 11) is 0. The van der Waals surface area contributed by atoms with Gasteiger partial charge in [-0.3, -0.25) is 4.79 Å². The number of nitrogens with one attached hydrogen (secondary N) is 1. The highest BCUT2D eigenvalue weighted by Gasteiger charge is 2.29. The second-order valence-electron chi connectivity index (χ2n) is 4.90. The van der Waals surface area contributed by atoms with Gasteiger partial charge in [0.1, 0.15) is 6.10 Å². The van der Waals surface area contributed by atoms with Crippen molar-refractivity contribution >= 4 is 5.91 Å². The SMILES string of the molecule is NCC(NC(=O)C1CCCO1)C1CCCC1. The maximum atomic E-state index is 11.9. The topological polar surface area (TPSA) is 64.3 Å². The summed E-state index contributed by atoms with van der Waals surface area (Å²) in [6, 6.07) is 0.152. The van der Waals surface area contributed by atoms with E-state index in [1.807, 2.05) is 0 Å². The van der Waals surface area contributed by atoms with Crippen LogP contribution in [-0.4, -0.2) is 31.2 Å². The predicted molar refractivity (Wildman–Crippen MR) is 61.9 cm³/mol. The van der Waals surface area contributed by atoms with Crippen molar-refractivity contribution < 1.29 is 9.53 Å². The predicted octanol–water partition coefficient (Wildman–Crippen LogP) is 0.799. The molecule has 0 aromatic carbocycles. The molecule has 0 aromatic heterocycles. The molecule has 1 aliphatic heterocycles. The minimum absolute atomic E-state index is 0.0415. The maximum Gasteiger partial charge on any atom is 0.249 e. The van der Waals surface area contributed by atoms with Crippen LogP contribution in [0.5, 0.6) is 0 Å². The maximum absolute atomic E-state index is 11.9. The highest BCUT2D eigenvalue weighted by atomic mass is 16.5. The second kappa shape index (κ2) is 5.64. The van der Waals surface area contributed by atoms with E-state index < -0.39 is 0 Å². The molecule has 2 aliphatic rings. The molecule has 92 valence electrons. The van der Waals surface area contributed by atoms with Gasteiger partial charge in [-0.15, -0.1) is 0 Å². The first-order valence-electron chi connectivity index (χ1n) is 6.43. The average molecular weight is 226 g/mol. The van der Waals surface area contributed by atoms with E-state index in [-0.39, 0.29) is 18.1 Å².